The van der Waals surface area contributed by atoms with Crippen LogP contribution in [0.2, 0.25) is 0 Å². The number of carbonyl (C=O) groups excluding carboxylic acids is 1. The summed E-state index contributed by atoms with van der Waals surface area (Å²) in [5.74, 6) is 1.73. The van der Waals surface area contributed by atoms with E-state index >= 15 is 0 Å². The van der Waals surface area contributed by atoms with Crippen LogP contribution in [0.3, 0.4) is 0 Å². The van der Waals surface area contributed by atoms with Crippen molar-refractivity contribution in [2.24, 2.45) is 22.6 Å². The SMILES string of the molecule is CCNC(=NCC1CCN(c2ccccc2)C1)N1CCCC(CC(N)=O)C1. The van der Waals surface area contributed by atoms with Gasteiger partial charge in [0, 0.05) is 51.4 Å². The molecule has 0 aliphatic carbocycles. The summed E-state index contributed by atoms with van der Waals surface area (Å²) in [7, 11) is 0. The summed E-state index contributed by atoms with van der Waals surface area (Å²) in [6.07, 6.45) is 3.83. The number of nitrogens with one attached hydrogen (secondary N) is 1. The Kier molecular flexibility index (Phi) is 6.96. The first-order valence-corrected chi connectivity index (χ1v) is 10.3. The first kappa shape index (κ1) is 19.5. The van der Waals surface area contributed by atoms with E-state index in [9.17, 15) is 4.79 Å². The highest BCUT2D eigenvalue weighted by atomic mass is 16.1. The zero-order valence-electron chi connectivity index (χ0n) is 16.4. The van der Waals surface area contributed by atoms with Crippen LogP contribution in [0.4, 0.5) is 5.69 Å². The molecule has 2 atom stereocenters. The molecule has 0 radical (unpaired) electrons. The molecule has 1 aromatic carbocycles. The van der Waals surface area contributed by atoms with E-state index in [1.54, 1.807) is 0 Å². The minimum atomic E-state index is -0.198. The molecule has 3 rings (SSSR count). The minimum Gasteiger partial charge on any atom is -0.371 e. The van der Waals surface area contributed by atoms with Gasteiger partial charge in [0.25, 0.3) is 0 Å². The number of para-hydroxylation sites is 1. The molecule has 0 bridgehead atoms. The first-order chi connectivity index (χ1) is 13.2. The van der Waals surface area contributed by atoms with Gasteiger partial charge in [0.05, 0.1) is 0 Å². The fourth-order valence-corrected chi connectivity index (χ4v) is 4.20. The third-order valence-electron chi connectivity index (χ3n) is 5.55. The Morgan fingerprint density at radius 1 is 1.19 bits per heavy atom. The lowest BCUT2D eigenvalue weighted by Gasteiger charge is -2.34. The highest BCUT2D eigenvalue weighted by Crippen LogP contribution is 2.24. The largest absolute Gasteiger partial charge is 0.371 e. The standard InChI is InChI=1S/C21H33N5O/c1-2-23-21(26-11-6-7-17(15-26)13-20(22)27)24-14-18-10-12-25(16-18)19-8-4-3-5-9-19/h3-5,8-9,17-18H,2,6-7,10-16H2,1H3,(H2,22,27)(H,23,24). The maximum absolute atomic E-state index is 11.3. The number of aliphatic imine (C=N–C) groups is 1. The van der Waals surface area contributed by atoms with E-state index in [0.29, 0.717) is 18.3 Å². The fourth-order valence-electron chi connectivity index (χ4n) is 4.20. The number of amides is 1. The molecule has 2 aliphatic heterocycles. The van der Waals surface area contributed by atoms with E-state index in [-0.39, 0.29) is 5.91 Å². The zero-order valence-corrected chi connectivity index (χ0v) is 16.4. The number of likely N-dealkylation sites (tertiary alicyclic amines) is 1. The number of nitrogens with two attached hydrogens (primary N) is 1. The third kappa shape index (κ3) is 5.62. The van der Waals surface area contributed by atoms with Gasteiger partial charge in [0.2, 0.25) is 5.91 Å². The molecule has 0 spiro atoms. The van der Waals surface area contributed by atoms with E-state index in [2.05, 4.69) is 52.4 Å². The third-order valence-corrected chi connectivity index (χ3v) is 5.55. The number of hydrogen-bond acceptors (Lipinski definition) is 3. The molecule has 2 aliphatic rings. The lowest BCUT2D eigenvalue weighted by molar-refractivity contribution is -0.119. The van der Waals surface area contributed by atoms with Crippen molar-refractivity contribution < 1.29 is 4.79 Å². The van der Waals surface area contributed by atoms with Gasteiger partial charge < -0.3 is 20.9 Å². The Morgan fingerprint density at radius 2 is 2.00 bits per heavy atom. The summed E-state index contributed by atoms with van der Waals surface area (Å²) >= 11 is 0. The number of rotatable bonds is 6. The summed E-state index contributed by atoms with van der Waals surface area (Å²) in [5, 5.41) is 3.44. The van der Waals surface area contributed by atoms with Crippen LogP contribution in [0.1, 0.15) is 32.6 Å². The molecule has 0 aromatic heterocycles. The van der Waals surface area contributed by atoms with E-state index in [0.717, 1.165) is 58.1 Å². The van der Waals surface area contributed by atoms with Gasteiger partial charge >= 0.3 is 0 Å². The lowest BCUT2D eigenvalue weighted by atomic mass is 9.95. The van der Waals surface area contributed by atoms with Crippen molar-refractivity contribution in [1.29, 1.82) is 0 Å². The molecule has 2 saturated heterocycles. The Bertz CT molecular complexity index is 633. The van der Waals surface area contributed by atoms with E-state index < -0.39 is 0 Å². The van der Waals surface area contributed by atoms with Crippen molar-refractivity contribution in [3.63, 3.8) is 0 Å². The molecule has 0 saturated carbocycles. The number of carbonyl (C=O) groups is 1. The molecule has 1 amide bonds. The molecule has 148 valence electrons. The van der Waals surface area contributed by atoms with Gasteiger partial charge in [-0.15, -0.1) is 0 Å². The highest BCUT2D eigenvalue weighted by molar-refractivity contribution is 5.80. The predicted octanol–water partition coefficient (Wildman–Crippen LogP) is 2.07. The Labute approximate surface area is 162 Å². The van der Waals surface area contributed by atoms with Crippen LogP contribution in [-0.2, 0) is 4.79 Å². The maximum atomic E-state index is 11.3. The van der Waals surface area contributed by atoms with Gasteiger partial charge in [0.15, 0.2) is 5.96 Å². The van der Waals surface area contributed by atoms with Gasteiger partial charge in [-0.25, -0.2) is 0 Å². The number of benzene rings is 1. The van der Waals surface area contributed by atoms with Crippen molar-refractivity contribution >= 4 is 17.6 Å². The van der Waals surface area contributed by atoms with Crippen molar-refractivity contribution in [3.05, 3.63) is 30.3 Å². The topological polar surface area (TPSA) is 74.0 Å². The number of guanidine groups is 1. The summed E-state index contributed by atoms with van der Waals surface area (Å²) in [5.41, 5.74) is 6.70. The molecule has 2 heterocycles. The molecule has 2 fully saturated rings. The summed E-state index contributed by atoms with van der Waals surface area (Å²) in [4.78, 5) is 21.0. The first-order valence-electron chi connectivity index (χ1n) is 10.3. The Hall–Kier alpha value is -2.24. The van der Waals surface area contributed by atoms with E-state index in [1.807, 2.05) is 0 Å². The molecule has 27 heavy (non-hydrogen) atoms. The van der Waals surface area contributed by atoms with Crippen LogP contribution in [-0.4, -0.2) is 56.0 Å². The van der Waals surface area contributed by atoms with Crippen molar-refractivity contribution in [2.45, 2.75) is 32.6 Å². The average Bonchev–Trinajstić information content (AvgIpc) is 3.14. The second kappa shape index (κ2) is 9.62. The van der Waals surface area contributed by atoms with Gasteiger partial charge in [0.1, 0.15) is 0 Å². The number of hydrogen-bond donors (Lipinski definition) is 2. The molecule has 6 nitrogen and oxygen atoms in total. The van der Waals surface area contributed by atoms with Crippen LogP contribution in [0, 0.1) is 11.8 Å². The van der Waals surface area contributed by atoms with Crippen LogP contribution >= 0.6 is 0 Å². The van der Waals surface area contributed by atoms with Crippen LogP contribution in [0.25, 0.3) is 0 Å². The van der Waals surface area contributed by atoms with E-state index in [1.165, 1.54) is 12.1 Å². The number of primary amides is 1. The fraction of sp³-hybridized carbons (Fsp3) is 0.619. The van der Waals surface area contributed by atoms with Gasteiger partial charge in [-0.05, 0) is 50.2 Å². The van der Waals surface area contributed by atoms with Gasteiger partial charge in [-0.3, -0.25) is 9.79 Å². The summed E-state index contributed by atoms with van der Waals surface area (Å²) < 4.78 is 0. The van der Waals surface area contributed by atoms with Crippen LogP contribution in [0.5, 0.6) is 0 Å². The molecule has 2 unspecified atom stereocenters. The maximum Gasteiger partial charge on any atom is 0.217 e. The highest BCUT2D eigenvalue weighted by Gasteiger charge is 2.25. The minimum absolute atomic E-state index is 0.198. The number of piperidine rings is 1. The molecule has 6 heteroatoms. The molecule has 3 N–H and O–H groups in total. The molecule has 1 aromatic rings. The van der Waals surface area contributed by atoms with Crippen molar-refractivity contribution in [2.75, 3.05) is 44.2 Å². The second-order valence-corrected chi connectivity index (χ2v) is 7.76. The quantitative estimate of drug-likeness (QED) is 0.593. The van der Waals surface area contributed by atoms with Crippen molar-refractivity contribution in [3.8, 4) is 0 Å². The van der Waals surface area contributed by atoms with Gasteiger partial charge in [-0.2, -0.15) is 0 Å². The van der Waals surface area contributed by atoms with Crippen LogP contribution in [0.15, 0.2) is 35.3 Å². The normalized spacial score (nSPS) is 23.5. The van der Waals surface area contributed by atoms with Crippen molar-refractivity contribution in [1.82, 2.24) is 10.2 Å². The van der Waals surface area contributed by atoms with Gasteiger partial charge in [-0.1, -0.05) is 18.2 Å². The average molecular weight is 372 g/mol. The molecular formula is C21H33N5O. The summed E-state index contributed by atoms with van der Waals surface area (Å²) in [6, 6.07) is 10.6. The molecular weight excluding hydrogens is 338 g/mol. The second-order valence-electron chi connectivity index (χ2n) is 7.76. The number of nitrogens with zero attached hydrogens (tertiary/aromatic N) is 3. The Morgan fingerprint density at radius 3 is 2.74 bits per heavy atom. The monoisotopic (exact) mass is 371 g/mol. The lowest BCUT2D eigenvalue weighted by Crippen LogP contribution is -2.47. The summed E-state index contributed by atoms with van der Waals surface area (Å²) in [6.45, 7) is 7.85. The predicted molar refractivity (Wildman–Crippen MR) is 111 cm³/mol. The number of anilines is 1. The Balaban J connectivity index is 1.57. The van der Waals surface area contributed by atoms with Crippen LogP contribution < -0.4 is 16.0 Å². The smallest absolute Gasteiger partial charge is 0.217 e. The zero-order chi connectivity index (χ0) is 19.1. The van der Waals surface area contributed by atoms with E-state index in [4.69, 9.17) is 10.7 Å².